The molecule has 6 heteroatoms. The largest absolute Gasteiger partial charge is 0.436 e. The molecule has 0 bridgehead atoms. The number of benzene rings is 2. The van der Waals surface area contributed by atoms with Gasteiger partial charge in [-0.1, -0.05) is 42.0 Å². The van der Waals surface area contributed by atoms with Gasteiger partial charge in [0.25, 0.3) is 5.91 Å². The van der Waals surface area contributed by atoms with E-state index >= 15 is 0 Å². The van der Waals surface area contributed by atoms with Gasteiger partial charge in [0.1, 0.15) is 0 Å². The monoisotopic (exact) mass is 358 g/mol. The molecule has 0 saturated carbocycles. The smallest absolute Gasteiger partial charge is 0.257 e. The third-order valence-corrected chi connectivity index (χ3v) is 4.20. The van der Waals surface area contributed by atoms with Crippen molar-refractivity contribution < 1.29 is 9.21 Å². The summed E-state index contributed by atoms with van der Waals surface area (Å²) in [5.41, 5.74) is 3.22. The van der Waals surface area contributed by atoms with Crippen LogP contribution in [0.1, 0.15) is 15.9 Å². The number of nitrogens with zero attached hydrogens (tertiary/aromatic N) is 3. The minimum absolute atomic E-state index is 0.264. The molecule has 0 aliphatic heterocycles. The molecule has 0 aliphatic carbocycles. The fourth-order valence-electron chi connectivity index (χ4n) is 2.78. The Bertz CT molecular complexity index is 1090. The lowest BCUT2D eigenvalue weighted by atomic mass is 10.1. The molecule has 0 saturated heterocycles. The Labute approximate surface area is 156 Å². The third-order valence-electron chi connectivity index (χ3n) is 4.20. The van der Waals surface area contributed by atoms with Crippen LogP contribution >= 0.6 is 0 Å². The van der Waals surface area contributed by atoms with Crippen LogP contribution in [0.15, 0.2) is 71.4 Å². The van der Waals surface area contributed by atoms with Crippen molar-refractivity contribution in [1.82, 2.24) is 14.8 Å². The molecule has 6 nitrogen and oxygen atoms in total. The molecule has 2 aromatic heterocycles. The Morgan fingerprint density at radius 1 is 1.07 bits per heavy atom. The van der Waals surface area contributed by atoms with Gasteiger partial charge in [-0.25, -0.2) is 4.98 Å². The van der Waals surface area contributed by atoms with Crippen LogP contribution in [0.3, 0.4) is 0 Å². The molecule has 0 spiro atoms. The van der Waals surface area contributed by atoms with Crippen molar-refractivity contribution in [2.75, 3.05) is 5.32 Å². The van der Waals surface area contributed by atoms with Crippen LogP contribution < -0.4 is 5.32 Å². The fraction of sp³-hybridized carbons (Fsp3) is 0.0952. The van der Waals surface area contributed by atoms with Crippen molar-refractivity contribution in [2.24, 2.45) is 7.05 Å². The first-order chi connectivity index (χ1) is 13.1. The zero-order valence-corrected chi connectivity index (χ0v) is 15.0. The van der Waals surface area contributed by atoms with Crippen molar-refractivity contribution in [3.63, 3.8) is 0 Å². The number of aryl methyl sites for hydroxylation is 2. The van der Waals surface area contributed by atoms with E-state index in [2.05, 4.69) is 15.4 Å². The molecule has 0 unspecified atom stereocenters. The van der Waals surface area contributed by atoms with Gasteiger partial charge in [-0.2, -0.15) is 5.10 Å². The molecule has 4 aromatic rings. The second-order valence-electron chi connectivity index (χ2n) is 6.27. The Kier molecular flexibility index (Phi) is 4.30. The second kappa shape index (κ2) is 6.92. The zero-order valence-electron chi connectivity index (χ0n) is 15.0. The highest BCUT2D eigenvalue weighted by Gasteiger charge is 2.17. The number of oxazole rings is 1. The van der Waals surface area contributed by atoms with E-state index in [0.717, 1.165) is 5.56 Å². The predicted octanol–water partition coefficient (Wildman–Crippen LogP) is 4.30. The number of amides is 1. The first kappa shape index (κ1) is 16.8. The van der Waals surface area contributed by atoms with Crippen molar-refractivity contribution in [3.05, 3.63) is 78.1 Å². The summed E-state index contributed by atoms with van der Waals surface area (Å²) in [6.07, 6.45) is 3.44. The van der Waals surface area contributed by atoms with Crippen molar-refractivity contribution in [3.8, 4) is 22.8 Å². The molecule has 0 atom stereocenters. The minimum Gasteiger partial charge on any atom is -0.436 e. The maximum absolute atomic E-state index is 12.7. The van der Waals surface area contributed by atoms with Gasteiger partial charge in [-0.3, -0.25) is 9.48 Å². The summed E-state index contributed by atoms with van der Waals surface area (Å²) in [5.74, 6) is 1.28. The number of rotatable bonds is 4. The van der Waals surface area contributed by atoms with Gasteiger partial charge >= 0.3 is 0 Å². The Balaban J connectivity index is 1.65. The van der Waals surface area contributed by atoms with Gasteiger partial charge in [0.15, 0.2) is 11.6 Å². The average molecular weight is 358 g/mol. The zero-order chi connectivity index (χ0) is 18.8. The summed E-state index contributed by atoms with van der Waals surface area (Å²) in [4.78, 5) is 17.1. The van der Waals surface area contributed by atoms with Crippen molar-refractivity contribution in [1.29, 1.82) is 0 Å². The highest BCUT2D eigenvalue weighted by Crippen LogP contribution is 2.28. The number of hydrogen-bond acceptors (Lipinski definition) is 4. The van der Waals surface area contributed by atoms with Crippen molar-refractivity contribution >= 4 is 11.7 Å². The summed E-state index contributed by atoms with van der Waals surface area (Å²) in [6, 6.07) is 17.0. The summed E-state index contributed by atoms with van der Waals surface area (Å²) < 4.78 is 7.56. The van der Waals surface area contributed by atoms with E-state index in [9.17, 15) is 4.79 Å². The van der Waals surface area contributed by atoms with E-state index in [0.29, 0.717) is 28.6 Å². The van der Waals surface area contributed by atoms with Crippen LogP contribution in [-0.4, -0.2) is 20.7 Å². The van der Waals surface area contributed by atoms with E-state index < -0.39 is 0 Å². The van der Waals surface area contributed by atoms with Gasteiger partial charge in [-0.05, 0) is 19.1 Å². The predicted molar refractivity (Wildman–Crippen MR) is 103 cm³/mol. The molecule has 134 valence electrons. The highest BCUT2D eigenvalue weighted by atomic mass is 16.4. The Morgan fingerprint density at radius 2 is 1.85 bits per heavy atom. The third kappa shape index (κ3) is 3.50. The molecular formula is C21H18N4O2. The van der Waals surface area contributed by atoms with E-state index in [1.54, 1.807) is 42.3 Å². The molecular weight excluding hydrogens is 340 g/mol. The standard InChI is InChI=1S/C21H18N4O2/c1-14-7-9-15(10-8-14)18-13-22-21(27-18)17-6-4-3-5-16(17)20(26)23-19-11-12-25(2)24-19/h3-13H,1-2H3,(H,23,24,26). The maximum atomic E-state index is 12.7. The van der Waals surface area contributed by atoms with Gasteiger partial charge < -0.3 is 9.73 Å². The minimum atomic E-state index is -0.264. The number of aromatic nitrogens is 3. The van der Waals surface area contributed by atoms with E-state index in [-0.39, 0.29) is 5.91 Å². The highest BCUT2D eigenvalue weighted by molar-refractivity contribution is 6.07. The van der Waals surface area contributed by atoms with Crippen LogP contribution in [0.5, 0.6) is 0 Å². The maximum Gasteiger partial charge on any atom is 0.257 e. The lowest BCUT2D eigenvalue weighted by molar-refractivity contribution is 0.102. The Morgan fingerprint density at radius 3 is 2.59 bits per heavy atom. The first-order valence-corrected chi connectivity index (χ1v) is 8.53. The Hall–Kier alpha value is -3.67. The lowest BCUT2D eigenvalue weighted by Crippen LogP contribution is -2.13. The molecule has 2 aromatic carbocycles. The van der Waals surface area contributed by atoms with E-state index in [4.69, 9.17) is 4.42 Å². The summed E-state index contributed by atoms with van der Waals surface area (Å²) in [5, 5.41) is 6.97. The van der Waals surface area contributed by atoms with Crippen LogP contribution in [0.4, 0.5) is 5.82 Å². The molecule has 0 aliphatic rings. The van der Waals surface area contributed by atoms with E-state index in [1.807, 2.05) is 43.3 Å². The molecule has 0 radical (unpaired) electrons. The fourth-order valence-corrected chi connectivity index (χ4v) is 2.78. The summed E-state index contributed by atoms with van der Waals surface area (Å²) in [6.45, 7) is 2.03. The lowest BCUT2D eigenvalue weighted by Gasteiger charge is -2.06. The molecule has 0 fully saturated rings. The molecule has 27 heavy (non-hydrogen) atoms. The summed E-state index contributed by atoms with van der Waals surface area (Å²) >= 11 is 0. The average Bonchev–Trinajstić information content (AvgIpc) is 3.32. The quantitative estimate of drug-likeness (QED) is 0.590. The number of hydrogen-bond donors (Lipinski definition) is 1. The molecule has 1 N–H and O–H groups in total. The molecule has 1 amide bonds. The van der Waals surface area contributed by atoms with Crippen LogP contribution in [0.25, 0.3) is 22.8 Å². The van der Waals surface area contributed by atoms with Gasteiger partial charge in [0.2, 0.25) is 5.89 Å². The van der Waals surface area contributed by atoms with Crippen LogP contribution in [0.2, 0.25) is 0 Å². The number of anilines is 1. The van der Waals surface area contributed by atoms with E-state index in [1.165, 1.54) is 5.56 Å². The van der Waals surface area contributed by atoms with Gasteiger partial charge in [0.05, 0.1) is 11.8 Å². The molecule has 4 rings (SSSR count). The second-order valence-corrected chi connectivity index (χ2v) is 6.27. The molecule has 2 heterocycles. The normalized spacial score (nSPS) is 10.7. The number of carbonyl (C=O) groups is 1. The van der Waals surface area contributed by atoms with Gasteiger partial charge in [0, 0.05) is 30.4 Å². The summed E-state index contributed by atoms with van der Waals surface area (Å²) in [7, 11) is 1.79. The SMILES string of the molecule is Cc1ccc(-c2cnc(-c3ccccc3C(=O)Nc3ccn(C)n3)o2)cc1. The topological polar surface area (TPSA) is 73.0 Å². The van der Waals surface area contributed by atoms with Crippen molar-refractivity contribution in [2.45, 2.75) is 6.92 Å². The number of nitrogens with one attached hydrogen (secondary N) is 1. The number of carbonyl (C=O) groups excluding carboxylic acids is 1. The van der Waals surface area contributed by atoms with Crippen LogP contribution in [0, 0.1) is 6.92 Å². The van der Waals surface area contributed by atoms with Gasteiger partial charge in [-0.15, -0.1) is 0 Å². The first-order valence-electron chi connectivity index (χ1n) is 8.53. The van der Waals surface area contributed by atoms with Crippen LogP contribution in [-0.2, 0) is 7.05 Å².